The van der Waals surface area contributed by atoms with Gasteiger partial charge in [-0.05, 0) is 24.6 Å². The van der Waals surface area contributed by atoms with E-state index in [1.54, 1.807) is 24.3 Å². The summed E-state index contributed by atoms with van der Waals surface area (Å²) in [6.07, 6.45) is 0.856. The number of phenols is 1. The molecule has 0 amide bonds. The minimum atomic E-state index is -0.520. The fourth-order valence-electron chi connectivity index (χ4n) is 2.29. The molecule has 0 bridgehead atoms. The molecular formula is C17H17FN2O. The van der Waals surface area contributed by atoms with Crippen LogP contribution in [0.25, 0.3) is 0 Å². The molecule has 108 valence electrons. The van der Waals surface area contributed by atoms with Gasteiger partial charge in [0, 0.05) is 18.7 Å². The Morgan fingerprint density at radius 3 is 2.62 bits per heavy atom. The summed E-state index contributed by atoms with van der Waals surface area (Å²) in [5, 5.41) is 19.1. The zero-order valence-corrected chi connectivity index (χ0v) is 11.9. The fourth-order valence-corrected chi connectivity index (χ4v) is 2.29. The molecule has 21 heavy (non-hydrogen) atoms. The Morgan fingerprint density at radius 1 is 1.19 bits per heavy atom. The molecule has 0 aliphatic heterocycles. The lowest BCUT2D eigenvalue weighted by atomic mass is 10.1. The number of nitriles is 1. The van der Waals surface area contributed by atoms with Crippen molar-refractivity contribution in [2.24, 2.45) is 0 Å². The van der Waals surface area contributed by atoms with Crippen molar-refractivity contribution in [3.8, 4) is 11.8 Å². The highest BCUT2D eigenvalue weighted by atomic mass is 19.1. The maximum atomic E-state index is 13.8. The van der Waals surface area contributed by atoms with Gasteiger partial charge in [0.2, 0.25) is 0 Å². The average Bonchev–Trinajstić information content (AvgIpc) is 2.48. The summed E-state index contributed by atoms with van der Waals surface area (Å²) in [5.41, 5.74) is 1.35. The molecule has 0 fully saturated rings. The zero-order chi connectivity index (χ0) is 15.2. The third kappa shape index (κ3) is 3.32. The molecule has 0 atom stereocenters. The van der Waals surface area contributed by atoms with Gasteiger partial charge in [0.1, 0.15) is 23.2 Å². The van der Waals surface area contributed by atoms with E-state index in [2.05, 4.69) is 0 Å². The number of nitrogens with zero attached hydrogens (tertiary/aromatic N) is 2. The van der Waals surface area contributed by atoms with Gasteiger partial charge < -0.3 is 10.0 Å². The molecular weight excluding hydrogens is 267 g/mol. The van der Waals surface area contributed by atoms with Crippen LogP contribution in [0.15, 0.2) is 42.5 Å². The van der Waals surface area contributed by atoms with Gasteiger partial charge in [-0.3, -0.25) is 0 Å². The molecule has 0 aliphatic carbocycles. The van der Waals surface area contributed by atoms with Crippen molar-refractivity contribution in [1.29, 1.82) is 5.26 Å². The van der Waals surface area contributed by atoms with Crippen LogP contribution >= 0.6 is 0 Å². The number of hydrogen-bond donors (Lipinski definition) is 1. The summed E-state index contributed by atoms with van der Waals surface area (Å²) in [5.74, 6) is -0.318. The van der Waals surface area contributed by atoms with E-state index in [4.69, 9.17) is 0 Å². The molecule has 0 spiro atoms. The second kappa shape index (κ2) is 6.76. The first kappa shape index (κ1) is 14.9. The summed E-state index contributed by atoms with van der Waals surface area (Å²) in [7, 11) is 0. The molecule has 2 aromatic carbocycles. The molecule has 0 aromatic heterocycles. The third-order valence-corrected chi connectivity index (χ3v) is 3.29. The Bertz CT molecular complexity index is 664. The number of rotatable bonds is 5. The summed E-state index contributed by atoms with van der Waals surface area (Å²) in [4.78, 5) is 1.91. The van der Waals surface area contributed by atoms with E-state index in [0.717, 1.165) is 12.0 Å². The van der Waals surface area contributed by atoms with Crippen molar-refractivity contribution in [1.82, 2.24) is 0 Å². The Labute approximate surface area is 123 Å². The van der Waals surface area contributed by atoms with Crippen LogP contribution in [0.2, 0.25) is 0 Å². The van der Waals surface area contributed by atoms with Crippen LogP contribution in [0.3, 0.4) is 0 Å². The zero-order valence-electron chi connectivity index (χ0n) is 11.9. The van der Waals surface area contributed by atoms with Gasteiger partial charge in [0.05, 0.1) is 5.69 Å². The predicted molar refractivity (Wildman–Crippen MR) is 80.6 cm³/mol. The Balaban J connectivity index is 2.39. The molecule has 0 aliphatic rings. The van der Waals surface area contributed by atoms with E-state index in [9.17, 15) is 14.8 Å². The number of hydrogen-bond acceptors (Lipinski definition) is 3. The van der Waals surface area contributed by atoms with Gasteiger partial charge in [-0.1, -0.05) is 31.2 Å². The molecule has 2 aromatic rings. The molecule has 0 unspecified atom stereocenters. The Kier molecular flexibility index (Phi) is 4.78. The summed E-state index contributed by atoms with van der Waals surface area (Å²) < 4.78 is 13.8. The lowest BCUT2D eigenvalue weighted by molar-refractivity contribution is 0.467. The van der Waals surface area contributed by atoms with Gasteiger partial charge in [-0.15, -0.1) is 0 Å². The lowest BCUT2D eigenvalue weighted by Crippen LogP contribution is -2.24. The maximum absolute atomic E-state index is 13.8. The number of halogens is 1. The first-order valence-electron chi connectivity index (χ1n) is 6.87. The van der Waals surface area contributed by atoms with E-state index in [1.807, 2.05) is 30.0 Å². The number of benzene rings is 2. The molecule has 2 rings (SSSR count). The van der Waals surface area contributed by atoms with Crippen LogP contribution in [0, 0.1) is 17.1 Å². The standard InChI is InChI=1S/C17H17FN2O/c1-2-10-20(12-13-6-3-4-9-17(13)21)16-8-5-7-15(18)14(16)11-19/h3-9,21H,2,10,12H2,1H3. The van der Waals surface area contributed by atoms with Crippen molar-refractivity contribution < 1.29 is 9.50 Å². The Morgan fingerprint density at radius 2 is 1.95 bits per heavy atom. The molecule has 3 nitrogen and oxygen atoms in total. The summed E-state index contributed by atoms with van der Waals surface area (Å²) in [6.45, 7) is 3.12. The van der Waals surface area contributed by atoms with Crippen molar-refractivity contribution in [2.75, 3.05) is 11.4 Å². The number of anilines is 1. The van der Waals surface area contributed by atoms with Crippen molar-refractivity contribution in [2.45, 2.75) is 19.9 Å². The largest absolute Gasteiger partial charge is 0.508 e. The van der Waals surface area contributed by atoms with Crippen LogP contribution in [0.1, 0.15) is 24.5 Å². The highest BCUT2D eigenvalue weighted by Crippen LogP contribution is 2.26. The summed E-state index contributed by atoms with van der Waals surface area (Å²) >= 11 is 0. The second-order valence-corrected chi connectivity index (χ2v) is 4.80. The van der Waals surface area contributed by atoms with Gasteiger partial charge in [0.15, 0.2) is 0 Å². The maximum Gasteiger partial charge on any atom is 0.143 e. The highest BCUT2D eigenvalue weighted by Gasteiger charge is 2.15. The number of phenolic OH excluding ortho intramolecular Hbond substituents is 1. The van der Waals surface area contributed by atoms with Gasteiger partial charge in [-0.25, -0.2) is 4.39 Å². The second-order valence-electron chi connectivity index (χ2n) is 4.80. The van der Waals surface area contributed by atoms with Crippen molar-refractivity contribution in [3.63, 3.8) is 0 Å². The topological polar surface area (TPSA) is 47.3 Å². The van der Waals surface area contributed by atoms with E-state index < -0.39 is 5.82 Å². The van der Waals surface area contributed by atoms with E-state index in [1.165, 1.54) is 6.07 Å². The smallest absolute Gasteiger partial charge is 0.143 e. The van der Waals surface area contributed by atoms with Crippen molar-refractivity contribution >= 4 is 5.69 Å². The molecule has 4 heteroatoms. The summed E-state index contributed by atoms with van der Waals surface area (Å²) in [6, 6.07) is 13.6. The first-order chi connectivity index (χ1) is 10.2. The quantitative estimate of drug-likeness (QED) is 0.908. The molecule has 0 saturated carbocycles. The van der Waals surface area contributed by atoms with Crippen LogP contribution in [-0.2, 0) is 6.54 Å². The van der Waals surface area contributed by atoms with Gasteiger partial charge in [0.25, 0.3) is 0 Å². The SMILES string of the molecule is CCCN(Cc1ccccc1O)c1cccc(F)c1C#N. The fraction of sp³-hybridized carbons (Fsp3) is 0.235. The number of aromatic hydroxyl groups is 1. The van der Waals surface area contributed by atoms with Gasteiger partial charge in [-0.2, -0.15) is 5.26 Å². The van der Waals surface area contributed by atoms with E-state index >= 15 is 0 Å². The third-order valence-electron chi connectivity index (χ3n) is 3.29. The van der Waals surface area contributed by atoms with Gasteiger partial charge >= 0.3 is 0 Å². The molecule has 1 N–H and O–H groups in total. The van der Waals surface area contributed by atoms with Crippen LogP contribution in [0.4, 0.5) is 10.1 Å². The Hall–Kier alpha value is -2.54. The van der Waals surface area contributed by atoms with E-state index in [-0.39, 0.29) is 11.3 Å². The molecule has 0 saturated heterocycles. The highest BCUT2D eigenvalue weighted by molar-refractivity contribution is 5.60. The monoisotopic (exact) mass is 284 g/mol. The molecule has 0 heterocycles. The normalized spacial score (nSPS) is 10.1. The average molecular weight is 284 g/mol. The predicted octanol–water partition coefficient (Wildman–Crippen LogP) is 3.82. The first-order valence-corrected chi connectivity index (χ1v) is 6.87. The minimum Gasteiger partial charge on any atom is -0.508 e. The van der Waals surface area contributed by atoms with Crippen LogP contribution in [0.5, 0.6) is 5.75 Å². The molecule has 0 radical (unpaired) electrons. The van der Waals surface area contributed by atoms with E-state index in [0.29, 0.717) is 18.8 Å². The lowest BCUT2D eigenvalue weighted by Gasteiger charge is -2.26. The van der Waals surface area contributed by atoms with Crippen LogP contribution in [-0.4, -0.2) is 11.7 Å². The number of para-hydroxylation sites is 1. The van der Waals surface area contributed by atoms with Crippen molar-refractivity contribution in [3.05, 3.63) is 59.4 Å². The minimum absolute atomic E-state index is 0.0429. The van der Waals surface area contributed by atoms with Crippen LogP contribution < -0.4 is 4.90 Å².